The Hall–Kier alpha value is -2.86. The van der Waals surface area contributed by atoms with Crippen LogP contribution in [0, 0.1) is 23.7 Å². The van der Waals surface area contributed by atoms with Crippen LogP contribution in [0.4, 0.5) is 5.69 Å². The maximum Gasteiger partial charge on any atom is 0.340 e. The summed E-state index contributed by atoms with van der Waals surface area (Å²) in [7, 11) is 3.27. The molecule has 0 radical (unpaired) electrons. The number of rotatable bonds is 7. The number of benzene rings is 2. The topological polar surface area (TPSA) is 152 Å². The lowest BCUT2D eigenvalue weighted by Gasteiger charge is -2.55. The number of nitrogens with one attached hydrogen (secondary N) is 2. The summed E-state index contributed by atoms with van der Waals surface area (Å²) >= 11 is 0. The van der Waals surface area contributed by atoms with E-state index < -0.39 is 34.4 Å². The van der Waals surface area contributed by atoms with Gasteiger partial charge in [0.2, 0.25) is 0 Å². The number of aliphatic hydroxyl groups is 2. The van der Waals surface area contributed by atoms with Crippen LogP contribution < -0.4 is 16.4 Å². The van der Waals surface area contributed by atoms with E-state index in [0.717, 1.165) is 6.42 Å². The minimum atomic E-state index is -1.50. The zero-order chi connectivity index (χ0) is 32.6. The van der Waals surface area contributed by atoms with Gasteiger partial charge in [-0.25, -0.2) is 4.79 Å². The lowest BCUT2D eigenvalue weighted by molar-refractivity contribution is -0.261. The van der Waals surface area contributed by atoms with Crippen LogP contribution in [-0.2, 0) is 14.2 Å². The van der Waals surface area contributed by atoms with E-state index in [2.05, 4.69) is 17.6 Å². The van der Waals surface area contributed by atoms with Crippen molar-refractivity contribution in [3.63, 3.8) is 0 Å². The highest BCUT2D eigenvalue weighted by Crippen LogP contribution is 2.69. The third kappa shape index (κ3) is 4.17. The summed E-state index contributed by atoms with van der Waals surface area (Å²) < 4.78 is 18.7. The molecule has 0 spiro atoms. The van der Waals surface area contributed by atoms with Gasteiger partial charge in [-0.15, -0.1) is 0 Å². The van der Waals surface area contributed by atoms with E-state index in [1.165, 1.54) is 0 Å². The van der Waals surface area contributed by atoms with Crippen LogP contribution in [0.1, 0.15) is 73.1 Å². The van der Waals surface area contributed by atoms with Crippen molar-refractivity contribution in [2.24, 2.45) is 29.4 Å². The normalized spacial score (nSPS) is 42.9. The van der Waals surface area contributed by atoms with Gasteiger partial charge in [-0.1, -0.05) is 30.3 Å². The van der Waals surface area contributed by atoms with Gasteiger partial charge in [0, 0.05) is 67.5 Å². The molecule has 10 heteroatoms. The Labute approximate surface area is 270 Å². The number of carbonyl (C=O) groups excluding carboxylic acids is 2. The van der Waals surface area contributed by atoms with Crippen LogP contribution in [0.3, 0.4) is 0 Å². The Morgan fingerprint density at radius 1 is 1.00 bits per heavy atom. The Morgan fingerprint density at radius 3 is 2.41 bits per heavy atom. The lowest BCUT2D eigenvalue weighted by Crippen LogP contribution is -2.71. The summed E-state index contributed by atoms with van der Waals surface area (Å²) in [6.07, 6.45) is 2.35. The molecule has 7 rings (SSSR count). The molecule has 4 bridgehead atoms. The molecule has 0 aromatic heterocycles. The maximum atomic E-state index is 14.4. The number of carbonyl (C=O) groups is 2. The average molecular weight is 634 g/mol. The van der Waals surface area contributed by atoms with Crippen LogP contribution in [-0.4, -0.2) is 82.9 Å². The van der Waals surface area contributed by atoms with Crippen molar-refractivity contribution in [3.05, 3.63) is 65.7 Å². The molecular weight excluding hydrogens is 586 g/mol. The molecule has 4 unspecified atom stereocenters. The number of anilines is 1. The predicted molar refractivity (Wildman–Crippen MR) is 171 cm³/mol. The number of esters is 1. The first-order valence-electron chi connectivity index (χ1n) is 16.7. The molecule has 4 saturated carbocycles. The van der Waals surface area contributed by atoms with E-state index >= 15 is 0 Å². The number of para-hydroxylation sites is 1. The predicted octanol–water partition coefficient (Wildman–Crippen LogP) is 3.26. The number of fused-ring (bicyclic) bond motifs is 1. The molecule has 1 heterocycles. The molecular formula is C36H47N3O7. The summed E-state index contributed by atoms with van der Waals surface area (Å²) in [5.74, 6) is -1.71. The number of hydrogen-bond acceptors (Lipinski definition) is 9. The lowest BCUT2D eigenvalue weighted by atomic mass is 9.55. The van der Waals surface area contributed by atoms with Crippen molar-refractivity contribution >= 4 is 17.6 Å². The van der Waals surface area contributed by atoms with Gasteiger partial charge in [0.15, 0.2) is 0 Å². The first-order valence-corrected chi connectivity index (χ1v) is 16.7. The van der Waals surface area contributed by atoms with Gasteiger partial charge in [0.25, 0.3) is 5.91 Å². The summed E-state index contributed by atoms with van der Waals surface area (Å²) in [4.78, 5) is 27.5. The molecule has 6 N–H and O–H groups in total. The third-order valence-electron chi connectivity index (χ3n) is 12.8. The minimum Gasteiger partial charge on any atom is -0.453 e. The molecule has 2 aromatic carbocycles. The smallest absolute Gasteiger partial charge is 0.340 e. The van der Waals surface area contributed by atoms with E-state index in [1.807, 2.05) is 13.0 Å². The molecule has 1 aliphatic heterocycles. The van der Waals surface area contributed by atoms with Crippen LogP contribution >= 0.6 is 0 Å². The summed E-state index contributed by atoms with van der Waals surface area (Å²) in [6, 6.07) is 15.2. The summed E-state index contributed by atoms with van der Waals surface area (Å²) in [5.41, 5.74) is 3.23. The number of hydrogen-bond donors (Lipinski definition) is 5. The van der Waals surface area contributed by atoms with Crippen molar-refractivity contribution in [3.8, 4) is 0 Å². The summed E-state index contributed by atoms with van der Waals surface area (Å²) in [6.45, 7) is 4.02. The van der Waals surface area contributed by atoms with E-state index in [0.29, 0.717) is 43.4 Å². The number of methoxy groups -OCH3 is 2. The molecule has 5 fully saturated rings. The van der Waals surface area contributed by atoms with E-state index in [9.17, 15) is 19.8 Å². The highest BCUT2D eigenvalue weighted by atomic mass is 16.6. The SMILES string of the molecule is CO[C@H]1C[C@]2(O)CCC3C4(CCC([C@H](C)N)[C@@]3(OC(=O)c3ccccc3NC(=O)c3ccccc3)[C@H](C)N4)C3C[C@H]1[C@H](OC)[C@@]32O. The molecule has 2 aromatic rings. The highest BCUT2D eigenvalue weighted by Gasteiger charge is 2.81. The zero-order valence-electron chi connectivity index (χ0n) is 27.1. The second-order valence-corrected chi connectivity index (χ2v) is 14.6. The van der Waals surface area contributed by atoms with Crippen molar-refractivity contribution in [2.75, 3.05) is 19.5 Å². The number of amides is 1. The maximum absolute atomic E-state index is 14.4. The van der Waals surface area contributed by atoms with Crippen LogP contribution in [0.5, 0.6) is 0 Å². The Bertz CT molecular complexity index is 1510. The Balaban J connectivity index is 1.29. The molecule has 1 saturated heterocycles. The van der Waals surface area contributed by atoms with Gasteiger partial charge >= 0.3 is 5.97 Å². The fourth-order valence-corrected chi connectivity index (χ4v) is 11.0. The fourth-order valence-electron chi connectivity index (χ4n) is 11.0. The first-order chi connectivity index (χ1) is 22.0. The average Bonchev–Trinajstić information content (AvgIpc) is 3.36. The Kier molecular flexibility index (Phi) is 7.66. The van der Waals surface area contributed by atoms with Crippen LogP contribution in [0.15, 0.2) is 54.6 Å². The Morgan fingerprint density at radius 2 is 1.72 bits per heavy atom. The molecule has 12 atom stereocenters. The van der Waals surface area contributed by atoms with Crippen molar-refractivity contribution in [1.82, 2.24) is 5.32 Å². The van der Waals surface area contributed by atoms with Gasteiger partial charge in [-0.05, 0) is 70.2 Å². The highest BCUT2D eigenvalue weighted by molar-refractivity contribution is 6.08. The number of nitrogens with two attached hydrogens (primary N) is 1. The zero-order valence-corrected chi connectivity index (χ0v) is 27.1. The van der Waals surface area contributed by atoms with Gasteiger partial charge in [0.1, 0.15) is 11.2 Å². The fraction of sp³-hybridized carbons (Fsp3) is 0.611. The number of ether oxygens (including phenoxy) is 3. The minimum absolute atomic E-state index is 0.0840. The second-order valence-electron chi connectivity index (χ2n) is 14.6. The van der Waals surface area contributed by atoms with Crippen LogP contribution in [0.2, 0.25) is 0 Å². The molecule has 4 aliphatic carbocycles. The first kappa shape index (κ1) is 31.7. The van der Waals surface area contributed by atoms with Crippen LogP contribution in [0.25, 0.3) is 0 Å². The third-order valence-corrected chi connectivity index (χ3v) is 12.8. The van der Waals surface area contributed by atoms with Gasteiger partial charge < -0.3 is 40.8 Å². The van der Waals surface area contributed by atoms with Crippen molar-refractivity contribution in [1.29, 1.82) is 0 Å². The van der Waals surface area contributed by atoms with Gasteiger partial charge in [-0.3, -0.25) is 4.79 Å². The molecule has 248 valence electrons. The van der Waals surface area contributed by atoms with Gasteiger partial charge in [-0.2, -0.15) is 0 Å². The molecule has 46 heavy (non-hydrogen) atoms. The quantitative estimate of drug-likeness (QED) is 0.289. The van der Waals surface area contributed by atoms with E-state index in [1.54, 1.807) is 62.8 Å². The van der Waals surface area contributed by atoms with Crippen molar-refractivity contribution < 1.29 is 34.0 Å². The largest absolute Gasteiger partial charge is 0.453 e. The monoisotopic (exact) mass is 633 g/mol. The van der Waals surface area contributed by atoms with Crippen molar-refractivity contribution in [2.45, 2.75) is 99.0 Å². The second kappa shape index (κ2) is 11.1. The van der Waals surface area contributed by atoms with Gasteiger partial charge in [0.05, 0.1) is 29.1 Å². The van der Waals surface area contributed by atoms with E-state index in [-0.39, 0.29) is 53.3 Å². The molecule has 10 nitrogen and oxygen atoms in total. The summed E-state index contributed by atoms with van der Waals surface area (Å²) in [5, 5.41) is 32.0. The molecule has 5 aliphatic rings. The standard InChI is InChI=1S/C36H47N3O7/c1-20(37)25-14-17-34-28(15-16-33(42)19-27(44-3)24-18-29(34)36(33,43)30(24)45-4)35(25,21(2)39-34)46-32(41)23-12-8-9-13-26(23)38-31(40)22-10-6-5-7-11-22/h5-13,20-21,24-25,27-30,39,42-43H,14-19,37H2,1-4H3,(H,38,40)/t20-,21-,24+,25?,27-,28?,29?,30-,33+,34?,35-,36-/m0/s1. The van der Waals surface area contributed by atoms with E-state index in [4.69, 9.17) is 19.9 Å². The molecule has 1 amide bonds.